The van der Waals surface area contributed by atoms with Gasteiger partial charge in [0.15, 0.2) is 37.6 Å². The van der Waals surface area contributed by atoms with Crippen molar-refractivity contribution < 1.29 is 154 Å². The molecule has 540 valence electrons. The van der Waals surface area contributed by atoms with Crippen LogP contribution in [-0.2, 0) is 61.6 Å². The lowest BCUT2D eigenvalue weighted by atomic mass is 9.33. The summed E-state index contributed by atoms with van der Waals surface area (Å²) in [5.41, 5.74) is -4.38. The van der Waals surface area contributed by atoms with Crippen LogP contribution in [0.5, 0.6) is 0 Å². The van der Waals surface area contributed by atoms with Crippen molar-refractivity contribution in [1.82, 2.24) is 0 Å². The highest BCUT2D eigenvalue weighted by molar-refractivity contribution is 5.80. The van der Waals surface area contributed by atoms with Gasteiger partial charge < -0.3 is 149 Å². The maximum Gasteiger partial charge on any atom is 0.317 e. The highest BCUT2D eigenvalue weighted by Gasteiger charge is 2.73. The maximum absolute atomic E-state index is 15.5. The zero-order chi connectivity index (χ0) is 68.6. The van der Waals surface area contributed by atoms with Gasteiger partial charge in [0.2, 0.25) is 6.29 Å². The Balaban J connectivity index is 0.795. The topological polar surface area (TPSA) is 492 Å². The van der Waals surface area contributed by atoms with E-state index in [1.807, 2.05) is 0 Å². The van der Waals surface area contributed by atoms with E-state index in [2.05, 4.69) is 40.7 Å². The zero-order valence-corrected chi connectivity index (χ0v) is 54.2. The van der Waals surface area contributed by atoms with Crippen molar-refractivity contribution in [1.29, 1.82) is 0 Å². The van der Waals surface area contributed by atoms with Gasteiger partial charge >= 0.3 is 5.97 Å². The van der Waals surface area contributed by atoms with Gasteiger partial charge in [-0.3, -0.25) is 4.79 Å². The quantitative estimate of drug-likeness (QED) is 0.0438. The van der Waals surface area contributed by atoms with Gasteiger partial charge in [0.25, 0.3) is 0 Å². The fraction of sp³-hybridized carbons (Fsp3) is 0.952. The van der Waals surface area contributed by atoms with E-state index in [0.29, 0.717) is 32.1 Å². The van der Waals surface area contributed by atoms with Crippen molar-refractivity contribution in [3.05, 3.63) is 11.6 Å². The van der Waals surface area contributed by atoms with Crippen LogP contribution in [0.25, 0.3) is 0 Å². The van der Waals surface area contributed by atoms with Crippen molar-refractivity contribution in [2.24, 2.45) is 50.2 Å². The first kappa shape index (κ1) is 73.3. The Morgan fingerprint density at radius 2 is 1.05 bits per heavy atom. The third-order valence-electron chi connectivity index (χ3n) is 24.5. The molecule has 10 fully saturated rings. The number of carbonyl (C=O) groups is 1. The summed E-state index contributed by atoms with van der Waals surface area (Å²) in [7, 11) is 0. The van der Waals surface area contributed by atoms with Crippen molar-refractivity contribution in [2.75, 3.05) is 33.0 Å². The summed E-state index contributed by atoms with van der Waals surface area (Å²) in [6.45, 7) is 12.5. The Labute approximate surface area is 543 Å². The van der Waals surface area contributed by atoms with Crippen LogP contribution in [0.2, 0.25) is 0 Å². The van der Waals surface area contributed by atoms with Gasteiger partial charge in [0.1, 0.15) is 115 Å². The normalized spacial score (nSPS) is 56.1. The van der Waals surface area contributed by atoms with E-state index >= 15 is 4.79 Å². The Kier molecular flexibility index (Phi) is 21.1. The van der Waals surface area contributed by atoms with E-state index in [1.165, 1.54) is 13.8 Å². The monoisotopic (exact) mass is 1350 g/mol. The van der Waals surface area contributed by atoms with Crippen LogP contribution in [-0.4, -0.2) is 315 Å². The van der Waals surface area contributed by atoms with E-state index in [4.69, 9.17) is 56.8 Å². The minimum absolute atomic E-state index is 0.0855. The van der Waals surface area contributed by atoms with E-state index < -0.39 is 256 Å². The lowest BCUT2D eigenvalue weighted by Gasteiger charge is -2.72. The number of ether oxygens (including phenoxy) is 12. The predicted octanol–water partition coefficient (Wildman–Crippen LogP) is -5.50. The molecule has 11 aliphatic rings. The number of rotatable bonds is 14. The molecule has 0 radical (unpaired) electrons. The second-order valence-corrected chi connectivity index (χ2v) is 30.6. The van der Waals surface area contributed by atoms with Gasteiger partial charge in [-0.15, -0.1) is 0 Å². The third kappa shape index (κ3) is 12.2. The van der Waals surface area contributed by atoms with Crippen molar-refractivity contribution in [2.45, 2.75) is 291 Å². The summed E-state index contributed by atoms with van der Waals surface area (Å²) >= 11 is 0. The van der Waals surface area contributed by atoms with Gasteiger partial charge in [-0.1, -0.05) is 53.2 Å². The third-order valence-corrected chi connectivity index (χ3v) is 24.5. The van der Waals surface area contributed by atoms with E-state index in [1.54, 1.807) is 6.92 Å². The van der Waals surface area contributed by atoms with Gasteiger partial charge in [-0.05, 0) is 105 Å². The van der Waals surface area contributed by atoms with Crippen LogP contribution in [0.4, 0.5) is 0 Å². The molecule has 4 saturated carbocycles. The SMILES string of the molecule is C[C@@H]1O[C@@H](O[C@@H]2[C@@H](O)[C@H](O[C@@H]3[C@@H](O)[C@@H](O)[C@H](O[C@@H]4[C@@H](OC(=O)[C@]56CCC(C)(C)C[C@H]5C5=CC[C@@H]7[C@@]8(C)C[C@H](O)[C@H](O[C@@H]9O[C@H](CO)[C@@H](O)[C@H](O[C@@H]%10OC[C@@H](O)[C@H](O)[C@H]%10O)[C@H]9O)[C@@](C)(CO)[C@@H]8CC[C@@]7(C)[C@]5(C)C[C@H]6O)OC[C@@H](O)[C@H]4O)O[C@H]3C)OC[C@H]2O)[C@H](O)[C@H](O)[C@H]1O. The molecule has 18 N–H and O–H groups in total. The molecule has 0 spiro atoms. The number of fused-ring (bicyclic) bond motifs is 7. The standard InChI is InChI=1S/C63H102O31/c1-23-35(71)39(75)42(78)53(86-23)90-47-30(69)21-84-52(44(47)80)89-46-24(2)87-54(43(79)40(46)76)92-49-37(73)29(68)20-85-56(49)94-57(82)63-14-13-58(3,4)15-26(63)25-9-10-33-59(5)16-27(66)50(60(6,22-65)32(59)11-12-61(33,7)62(25,8)17-34(63)70)93-55-45(81)48(38(74)31(18-64)88-55)91-51-41(77)36(72)28(67)19-83-51/h9,23-24,26-56,64-81H,10-22H2,1-8H3/t23-,24-,26-,27-,28+,29+,30+,31+,32+,33+,34+,35-,36-,37+,38+,39+,40-,41+,42+,43+,44+,45+,46-,47-,48-,49-,50-,51-,52-,53-,54-,55-,56+,59-,60-,61+,62+,63+/m0/s1. The highest BCUT2D eigenvalue weighted by atomic mass is 16.8. The van der Waals surface area contributed by atoms with E-state index in [0.717, 1.165) is 5.57 Å². The van der Waals surface area contributed by atoms with Crippen LogP contribution in [0.15, 0.2) is 11.6 Å². The molecule has 11 rings (SSSR count). The number of carbonyl (C=O) groups excluding carboxylic acids is 1. The first-order valence-corrected chi connectivity index (χ1v) is 33.1. The fourth-order valence-electron chi connectivity index (χ4n) is 18.8. The summed E-state index contributed by atoms with van der Waals surface area (Å²) in [6.07, 6.45) is -43.3. The fourth-order valence-corrected chi connectivity index (χ4v) is 18.8. The molecule has 0 amide bonds. The second-order valence-electron chi connectivity index (χ2n) is 30.6. The molecule has 31 nitrogen and oxygen atoms in total. The van der Waals surface area contributed by atoms with Crippen LogP contribution >= 0.6 is 0 Å². The van der Waals surface area contributed by atoms with E-state index in [-0.39, 0.29) is 36.5 Å². The number of allylic oxidation sites excluding steroid dienone is 2. The molecule has 6 heterocycles. The lowest BCUT2D eigenvalue weighted by molar-refractivity contribution is -0.377. The van der Waals surface area contributed by atoms with Gasteiger partial charge in [-0.25, -0.2) is 0 Å². The zero-order valence-electron chi connectivity index (χ0n) is 54.2. The predicted molar refractivity (Wildman–Crippen MR) is 311 cm³/mol. The van der Waals surface area contributed by atoms with Gasteiger partial charge in [0.05, 0.1) is 63.6 Å². The molecule has 0 unspecified atom stereocenters. The van der Waals surface area contributed by atoms with Crippen LogP contribution in [0.1, 0.15) is 107 Å². The summed E-state index contributed by atoms with van der Waals surface area (Å²) in [5, 5.41) is 200. The smallest absolute Gasteiger partial charge is 0.317 e. The summed E-state index contributed by atoms with van der Waals surface area (Å²) in [5.74, 6) is -2.05. The minimum Gasteiger partial charge on any atom is -0.432 e. The lowest BCUT2D eigenvalue weighted by Crippen LogP contribution is -2.71. The van der Waals surface area contributed by atoms with E-state index in [9.17, 15) is 91.9 Å². The molecule has 38 atom stereocenters. The van der Waals surface area contributed by atoms with Crippen molar-refractivity contribution in [3.8, 4) is 0 Å². The number of aliphatic hydroxyl groups is 18. The van der Waals surface area contributed by atoms with Crippen molar-refractivity contribution in [3.63, 3.8) is 0 Å². The molecule has 0 bridgehead atoms. The van der Waals surface area contributed by atoms with Crippen LogP contribution in [0, 0.1) is 50.2 Å². The summed E-state index contributed by atoms with van der Waals surface area (Å²) in [4.78, 5) is 15.5. The van der Waals surface area contributed by atoms with Crippen molar-refractivity contribution >= 4 is 5.97 Å². The summed E-state index contributed by atoms with van der Waals surface area (Å²) in [6, 6.07) is 0. The number of hydrogen-bond donors (Lipinski definition) is 18. The van der Waals surface area contributed by atoms with Gasteiger partial charge in [-0.2, -0.15) is 0 Å². The molecule has 0 aromatic carbocycles. The second kappa shape index (κ2) is 27.1. The molecule has 6 aliphatic heterocycles. The molecule has 0 aromatic rings. The summed E-state index contributed by atoms with van der Waals surface area (Å²) < 4.78 is 70.7. The molecule has 6 saturated heterocycles. The Morgan fingerprint density at radius 1 is 0.500 bits per heavy atom. The van der Waals surface area contributed by atoms with Crippen LogP contribution in [0.3, 0.4) is 0 Å². The largest absolute Gasteiger partial charge is 0.432 e. The first-order chi connectivity index (χ1) is 44.0. The molecular weight excluding hydrogens is 1250 g/mol. The Morgan fingerprint density at radius 3 is 1.71 bits per heavy atom. The average Bonchev–Trinajstić information content (AvgIpc) is 0.670. The molecule has 0 aromatic heterocycles. The Hall–Kier alpha value is -1.95. The molecule has 31 heteroatoms. The Bertz CT molecular complexity index is 2660. The van der Waals surface area contributed by atoms with Crippen LogP contribution < -0.4 is 0 Å². The van der Waals surface area contributed by atoms with Gasteiger partial charge in [0, 0.05) is 5.41 Å². The number of hydrogen-bond acceptors (Lipinski definition) is 31. The molecule has 94 heavy (non-hydrogen) atoms. The molecule has 5 aliphatic carbocycles. The average molecular weight is 1360 g/mol. The highest BCUT2D eigenvalue weighted by Crippen LogP contribution is 2.76. The maximum atomic E-state index is 15.5. The number of aliphatic hydroxyl groups excluding tert-OH is 18. The first-order valence-electron chi connectivity index (χ1n) is 33.1. The minimum atomic E-state index is -2.00. The number of esters is 1. The molecular formula is C63H102O31.